The Morgan fingerprint density at radius 1 is 1.26 bits per heavy atom. The van der Waals surface area contributed by atoms with E-state index in [1.165, 1.54) is 0 Å². The Balaban J connectivity index is 2.22. The van der Waals surface area contributed by atoms with Crippen molar-refractivity contribution in [3.63, 3.8) is 0 Å². The molecule has 1 aromatic heterocycles. The molecule has 1 heterocycles. The van der Waals surface area contributed by atoms with E-state index in [9.17, 15) is 0 Å². The molecule has 0 aliphatic carbocycles. The number of hydrogen-bond acceptors (Lipinski definition) is 5. The van der Waals surface area contributed by atoms with Gasteiger partial charge in [-0.05, 0) is 24.8 Å². The van der Waals surface area contributed by atoms with Gasteiger partial charge in [0.25, 0.3) is 0 Å². The average Bonchev–Trinajstić information content (AvgIpc) is 2.46. The minimum atomic E-state index is 0.758. The highest BCUT2D eigenvalue weighted by Gasteiger charge is 2.09. The van der Waals surface area contributed by atoms with Gasteiger partial charge in [0.05, 0.1) is 0 Å². The molecule has 100 valence electrons. The van der Waals surface area contributed by atoms with Gasteiger partial charge in [0.1, 0.15) is 17.2 Å². The Kier molecular flexibility index (Phi) is 4.63. The highest BCUT2D eigenvalue weighted by Crippen LogP contribution is 2.21. The zero-order chi connectivity index (χ0) is 13.7. The van der Waals surface area contributed by atoms with E-state index in [-0.39, 0.29) is 0 Å². The smallest absolute Gasteiger partial charge is 0.133 e. The number of para-hydroxylation sites is 1. The average molecular weight is 274 g/mol. The zero-order valence-corrected chi connectivity index (χ0v) is 12.0. The highest BCUT2D eigenvalue weighted by atomic mass is 32.2. The van der Waals surface area contributed by atoms with Crippen molar-refractivity contribution in [3.05, 3.63) is 42.2 Å². The van der Waals surface area contributed by atoms with E-state index >= 15 is 0 Å². The summed E-state index contributed by atoms with van der Waals surface area (Å²) in [6.07, 6.45) is 3.62. The van der Waals surface area contributed by atoms with Crippen LogP contribution in [0, 0.1) is 0 Å². The van der Waals surface area contributed by atoms with Gasteiger partial charge in [-0.25, -0.2) is 9.97 Å². The Bertz CT molecular complexity index is 544. The molecule has 0 radical (unpaired) electrons. The van der Waals surface area contributed by atoms with Crippen molar-refractivity contribution in [3.8, 4) is 0 Å². The maximum absolute atomic E-state index is 5.99. The summed E-state index contributed by atoms with van der Waals surface area (Å²) in [5.74, 6) is 0.935. The number of hydrogen-bond donors (Lipinski definition) is 1. The number of benzene rings is 1. The fraction of sp³-hybridized carbons (Fsp3) is 0.286. The lowest BCUT2D eigenvalue weighted by Gasteiger charge is -2.22. The SMILES string of the molecule is CCN(Cc1ccccc1N)c1cc(SC)ncn1. The highest BCUT2D eigenvalue weighted by molar-refractivity contribution is 7.98. The topological polar surface area (TPSA) is 55.0 Å². The second kappa shape index (κ2) is 6.43. The van der Waals surface area contributed by atoms with Crippen molar-refractivity contribution in [2.24, 2.45) is 0 Å². The van der Waals surface area contributed by atoms with Gasteiger partial charge in [0, 0.05) is 24.8 Å². The first kappa shape index (κ1) is 13.7. The molecule has 0 aliphatic rings. The van der Waals surface area contributed by atoms with Crippen LogP contribution in [0.2, 0.25) is 0 Å². The van der Waals surface area contributed by atoms with E-state index in [1.807, 2.05) is 30.5 Å². The molecule has 0 saturated heterocycles. The van der Waals surface area contributed by atoms with Crippen LogP contribution < -0.4 is 10.6 Å². The summed E-state index contributed by atoms with van der Waals surface area (Å²) in [5.41, 5.74) is 7.93. The standard InChI is InChI=1S/C14H18N4S/c1-3-18(9-11-6-4-5-7-12(11)15)13-8-14(19-2)17-10-16-13/h4-8,10H,3,9,15H2,1-2H3. The molecule has 0 spiro atoms. The molecule has 0 unspecified atom stereocenters. The van der Waals surface area contributed by atoms with Gasteiger partial charge < -0.3 is 10.6 Å². The molecule has 2 rings (SSSR count). The second-order valence-corrected chi connectivity index (χ2v) is 4.96. The van der Waals surface area contributed by atoms with Gasteiger partial charge in [0.2, 0.25) is 0 Å². The summed E-state index contributed by atoms with van der Waals surface area (Å²) in [5, 5.41) is 0.976. The van der Waals surface area contributed by atoms with Gasteiger partial charge >= 0.3 is 0 Å². The summed E-state index contributed by atoms with van der Waals surface area (Å²) < 4.78 is 0. The quantitative estimate of drug-likeness (QED) is 0.516. The number of nitrogens with two attached hydrogens (primary N) is 1. The Morgan fingerprint density at radius 3 is 2.74 bits per heavy atom. The van der Waals surface area contributed by atoms with E-state index in [2.05, 4.69) is 27.9 Å². The molecular weight excluding hydrogens is 256 g/mol. The van der Waals surface area contributed by atoms with Crippen molar-refractivity contribution in [1.29, 1.82) is 0 Å². The fourth-order valence-electron chi connectivity index (χ4n) is 1.85. The molecule has 0 amide bonds. The number of rotatable bonds is 5. The first-order chi connectivity index (χ1) is 9.24. The minimum Gasteiger partial charge on any atom is -0.398 e. The molecule has 0 fully saturated rings. The van der Waals surface area contributed by atoms with Crippen LogP contribution in [0.5, 0.6) is 0 Å². The Labute approximate surface area is 118 Å². The Hall–Kier alpha value is -1.75. The van der Waals surface area contributed by atoms with Crippen LogP contribution >= 0.6 is 11.8 Å². The molecule has 0 bridgehead atoms. The summed E-state index contributed by atoms with van der Waals surface area (Å²) >= 11 is 1.62. The largest absolute Gasteiger partial charge is 0.398 e. The van der Waals surface area contributed by atoms with Gasteiger partial charge in [-0.2, -0.15) is 0 Å². The van der Waals surface area contributed by atoms with Crippen molar-refractivity contribution >= 4 is 23.3 Å². The third-order valence-electron chi connectivity index (χ3n) is 2.96. The summed E-state index contributed by atoms with van der Waals surface area (Å²) in [6.45, 7) is 3.74. The van der Waals surface area contributed by atoms with Crippen LogP contribution in [0.1, 0.15) is 12.5 Å². The fourth-order valence-corrected chi connectivity index (χ4v) is 2.23. The van der Waals surface area contributed by atoms with Crippen molar-refractivity contribution in [1.82, 2.24) is 9.97 Å². The molecule has 2 aromatic rings. The lowest BCUT2D eigenvalue weighted by atomic mass is 10.1. The van der Waals surface area contributed by atoms with Crippen LogP contribution in [-0.4, -0.2) is 22.8 Å². The summed E-state index contributed by atoms with van der Waals surface area (Å²) in [6, 6.07) is 9.94. The third-order valence-corrected chi connectivity index (χ3v) is 3.60. The van der Waals surface area contributed by atoms with Crippen LogP contribution in [0.3, 0.4) is 0 Å². The molecule has 1 aromatic carbocycles. The van der Waals surface area contributed by atoms with Crippen molar-refractivity contribution < 1.29 is 0 Å². The number of thioether (sulfide) groups is 1. The Morgan fingerprint density at radius 2 is 2.05 bits per heavy atom. The number of anilines is 2. The minimum absolute atomic E-state index is 0.758. The normalized spacial score (nSPS) is 10.4. The number of nitrogens with zero attached hydrogens (tertiary/aromatic N) is 3. The van der Waals surface area contributed by atoms with Crippen LogP contribution in [0.25, 0.3) is 0 Å². The lowest BCUT2D eigenvalue weighted by molar-refractivity contribution is 0.805. The molecule has 0 saturated carbocycles. The van der Waals surface area contributed by atoms with Crippen molar-refractivity contribution in [2.45, 2.75) is 18.5 Å². The second-order valence-electron chi connectivity index (χ2n) is 4.13. The third kappa shape index (κ3) is 3.38. The van der Waals surface area contributed by atoms with E-state index in [0.29, 0.717) is 0 Å². The van der Waals surface area contributed by atoms with Gasteiger partial charge in [-0.1, -0.05) is 18.2 Å². The predicted octanol–water partition coefficient (Wildman–Crippen LogP) is 2.81. The number of aromatic nitrogens is 2. The lowest BCUT2D eigenvalue weighted by Crippen LogP contribution is -2.23. The zero-order valence-electron chi connectivity index (χ0n) is 11.2. The molecular formula is C14H18N4S. The van der Waals surface area contributed by atoms with E-state index in [4.69, 9.17) is 5.73 Å². The summed E-state index contributed by atoms with van der Waals surface area (Å²) in [4.78, 5) is 10.7. The van der Waals surface area contributed by atoms with Crippen LogP contribution in [0.15, 0.2) is 41.7 Å². The van der Waals surface area contributed by atoms with Gasteiger partial charge in [0.15, 0.2) is 0 Å². The molecule has 2 N–H and O–H groups in total. The monoisotopic (exact) mass is 274 g/mol. The predicted molar refractivity (Wildman–Crippen MR) is 81.4 cm³/mol. The molecule has 19 heavy (non-hydrogen) atoms. The van der Waals surface area contributed by atoms with E-state index in [1.54, 1.807) is 18.1 Å². The molecule has 0 atom stereocenters. The van der Waals surface area contributed by atoms with Crippen LogP contribution in [0.4, 0.5) is 11.5 Å². The van der Waals surface area contributed by atoms with Crippen molar-refractivity contribution in [2.75, 3.05) is 23.4 Å². The molecule has 5 heteroatoms. The summed E-state index contributed by atoms with van der Waals surface area (Å²) in [7, 11) is 0. The van der Waals surface area contributed by atoms with Gasteiger partial charge in [-0.3, -0.25) is 0 Å². The first-order valence-corrected chi connectivity index (χ1v) is 7.41. The maximum Gasteiger partial charge on any atom is 0.133 e. The first-order valence-electron chi connectivity index (χ1n) is 6.19. The van der Waals surface area contributed by atoms with E-state index in [0.717, 1.165) is 35.2 Å². The number of nitrogen functional groups attached to an aromatic ring is 1. The molecule has 4 nitrogen and oxygen atoms in total. The van der Waals surface area contributed by atoms with E-state index < -0.39 is 0 Å². The molecule has 0 aliphatic heterocycles. The van der Waals surface area contributed by atoms with Gasteiger partial charge in [-0.15, -0.1) is 11.8 Å². The maximum atomic E-state index is 5.99. The van der Waals surface area contributed by atoms with Crippen LogP contribution in [-0.2, 0) is 6.54 Å².